The van der Waals surface area contributed by atoms with Crippen LogP contribution in [0, 0.1) is 6.92 Å². The van der Waals surface area contributed by atoms with Crippen molar-refractivity contribution in [1.29, 1.82) is 0 Å². The highest BCUT2D eigenvalue weighted by Crippen LogP contribution is 2.19. The van der Waals surface area contributed by atoms with Crippen LogP contribution in [0.5, 0.6) is 0 Å². The van der Waals surface area contributed by atoms with Crippen LogP contribution in [0.25, 0.3) is 5.69 Å². The first kappa shape index (κ1) is 11.7. The highest BCUT2D eigenvalue weighted by atomic mass is 35.5. The maximum atomic E-state index is 11.6. The van der Waals surface area contributed by atoms with Gasteiger partial charge in [-0.05, 0) is 31.2 Å². The van der Waals surface area contributed by atoms with Gasteiger partial charge in [0, 0.05) is 13.2 Å². The van der Waals surface area contributed by atoms with Crippen molar-refractivity contribution in [2.45, 2.75) is 6.92 Å². The predicted octanol–water partition coefficient (Wildman–Crippen LogP) is 2.19. The smallest absolute Gasteiger partial charge is 0.252 e. The van der Waals surface area contributed by atoms with Crippen molar-refractivity contribution in [1.82, 2.24) is 15.1 Å². The van der Waals surface area contributed by atoms with Gasteiger partial charge in [-0.3, -0.25) is 4.79 Å². The molecule has 0 aliphatic carbocycles. The molecule has 1 aromatic carbocycles. The minimum absolute atomic E-state index is 0.208. The molecular weight excluding hydrogens is 238 g/mol. The van der Waals surface area contributed by atoms with Crippen molar-refractivity contribution in [3.8, 4) is 5.69 Å². The van der Waals surface area contributed by atoms with E-state index in [9.17, 15) is 4.79 Å². The van der Waals surface area contributed by atoms with Crippen LogP contribution in [-0.2, 0) is 0 Å². The Morgan fingerprint density at radius 2 is 2.18 bits per heavy atom. The number of aryl methyl sites for hydroxylation is 1. The van der Waals surface area contributed by atoms with Gasteiger partial charge in [0.15, 0.2) is 0 Å². The van der Waals surface area contributed by atoms with Gasteiger partial charge >= 0.3 is 0 Å². The number of hydrogen-bond donors (Lipinski definition) is 1. The SMILES string of the molecule is CNC(=O)c1cc(-n2ccc(C)n2)ccc1Cl. The molecule has 2 rings (SSSR count). The summed E-state index contributed by atoms with van der Waals surface area (Å²) in [4.78, 5) is 11.6. The number of carbonyl (C=O) groups excluding carboxylic acids is 1. The Labute approximate surface area is 104 Å². The topological polar surface area (TPSA) is 46.9 Å². The number of halogens is 1. The van der Waals surface area contributed by atoms with Gasteiger partial charge < -0.3 is 5.32 Å². The molecule has 0 fully saturated rings. The molecule has 0 bridgehead atoms. The van der Waals surface area contributed by atoms with E-state index in [4.69, 9.17) is 11.6 Å². The summed E-state index contributed by atoms with van der Waals surface area (Å²) in [5.74, 6) is -0.208. The number of rotatable bonds is 2. The van der Waals surface area contributed by atoms with Gasteiger partial charge in [0.1, 0.15) is 0 Å². The van der Waals surface area contributed by atoms with Crippen molar-refractivity contribution < 1.29 is 4.79 Å². The van der Waals surface area contributed by atoms with Crippen molar-refractivity contribution >= 4 is 17.5 Å². The molecule has 88 valence electrons. The third-order valence-electron chi connectivity index (χ3n) is 2.41. The molecule has 0 aliphatic heterocycles. The van der Waals surface area contributed by atoms with E-state index in [0.29, 0.717) is 10.6 Å². The van der Waals surface area contributed by atoms with Crippen LogP contribution in [0.2, 0.25) is 5.02 Å². The summed E-state index contributed by atoms with van der Waals surface area (Å²) >= 11 is 5.97. The minimum Gasteiger partial charge on any atom is -0.355 e. The fourth-order valence-corrected chi connectivity index (χ4v) is 1.73. The van der Waals surface area contributed by atoms with Crippen molar-refractivity contribution in [2.75, 3.05) is 7.05 Å². The second-order valence-electron chi connectivity index (χ2n) is 3.64. The van der Waals surface area contributed by atoms with Crippen molar-refractivity contribution in [3.05, 3.63) is 46.7 Å². The normalized spacial score (nSPS) is 10.3. The lowest BCUT2D eigenvalue weighted by Crippen LogP contribution is -2.18. The Morgan fingerprint density at radius 1 is 1.41 bits per heavy atom. The van der Waals surface area contributed by atoms with Crippen LogP contribution in [0.1, 0.15) is 16.1 Å². The molecule has 0 spiro atoms. The number of amides is 1. The maximum absolute atomic E-state index is 11.6. The first-order valence-electron chi connectivity index (χ1n) is 5.16. The van der Waals surface area contributed by atoms with Crippen LogP contribution >= 0.6 is 11.6 Å². The van der Waals surface area contributed by atoms with E-state index in [2.05, 4.69) is 10.4 Å². The fraction of sp³-hybridized carbons (Fsp3) is 0.167. The Hall–Kier alpha value is -1.81. The highest BCUT2D eigenvalue weighted by molar-refractivity contribution is 6.33. The van der Waals surface area contributed by atoms with E-state index < -0.39 is 0 Å². The van der Waals surface area contributed by atoms with Gasteiger partial charge in [-0.2, -0.15) is 5.10 Å². The van der Waals surface area contributed by atoms with Gasteiger partial charge in [-0.1, -0.05) is 11.6 Å². The summed E-state index contributed by atoms with van der Waals surface area (Å²) in [6, 6.07) is 7.13. The summed E-state index contributed by atoms with van der Waals surface area (Å²) in [5.41, 5.74) is 2.17. The third kappa shape index (κ3) is 2.31. The van der Waals surface area contributed by atoms with Gasteiger partial charge in [-0.15, -0.1) is 0 Å². The van der Waals surface area contributed by atoms with E-state index in [1.165, 1.54) is 0 Å². The zero-order valence-corrected chi connectivity index (χ0v) is 10.3. The van der Waals surface area contributed by atoms with E-state index >= 15 is 0 Å². The number of nitrogens with zero attached hydrogens (tertiary/aromatic N) is 2. The molecule has 0 saturated heterocycles. The molecule has 0 saturated carbocycles. The molecule has 5 heteroatoms. The average molecular weight is 250 g/mol. The molecule has 1 aromatic heterocycles. The van der Waals surface area contributed by atoms with E-state index in [1.54, 1.807) is 23.9 Å². The van der Waals surface area contributed by atoms with E-state index in [0.717, 1.165) is 11.4 Å². The maximum Gasteiger partial charge on any atom is 0.252 e. The van der Waals surface area contributed by atoms with Crippen LogP contribution in [0.15, 0.2) is 30.5 Å². The number of nitrogens with one attached hydrogen (secondary N) is 1. The van der Waals surface area contributed by atoms with E-state index in [-0.39, 0.29) is 5.91 Å². The van der Waals surface area contributed by atoms with Crippen LogP contribution < -0.4 is 5.32 Å². The Kier molecular flexibility index (Phi) is 3.15. The largest absolute Gasteiger partial charge is 0.355 e. The number of carbonyl (C=O) groups is 1. The lowest BCUT2D eigenvalue weighted by molar-refractivity contribution is 0.0963. The summed E-state index contributed by atoms with van der Waals surface area (Å²) in [7, 11) is 1.57. The fourth-order valence-electron chi connectivity index (χ4n) is 1.52. The molecule has 1 heterocycles. The van der Waals surface area contributed by atoms with Gasteiger partial charge in [0.05, 0.1) is 22.0 Å². The first-order valence-corrected chi connectivity index (χ1v) is 5.54. The predicted molar refractivity (Wildman–Crippen MR) is 66.7 cm³/mol. The summed E-state index contributed by atoms with van der Waals surface area (Å²) in [6.45, 7) is 1.91. The van der Waals surface area contributed by atoms with Crippen LogP contribution in [-0.4, -0.2) is 22.7 Å². The van der Waals surface area contributed by atoms with Crippen LogP contribution in [0.3, 0.4) is 0 Å². The molecule has 17 heavy (non-hydrogen) atoms. The Morgan fingerprint density at radius 3 is 2.76 bits per heavy atom. The number of benzene rings is 1. The average Bonchev–Trinajstić information content (AvgIpc) is 2.75. The highest BCUT2D eigenvalue weighted by Gasteiger charge is 2.10. The van der Waals surface area contributed by atoms with Gasteiger partial charge in [0.2, 0.25) is 0 Å². The lowest BCUT2D eigenvalue weighted by Gasteiger charge is -2.06. The molecule has 2 aromatic rings. The first-order chi connectivity index (χ1) is 8.11. The lowest BCUT2D eigenvalue weighted by atomic mass is 10.2. The molecule has 1 amide bonds. The van der Waals surface area contributed by atoms with Gasteiger partial charge in [-0.25, -0.2) is 4.68 Å². The number of aromatic nitrogens is 2. The van der Waals surface area contributed by atoms with Crippen molar-refractivity contribution in [3.63, 3.8) is 0 Å². The Balaban J connectivity index is 2.47. The van der Waals surface area contributed by atoms with Gasteiger partial charge in [0.25, 0.3) is 5.91 Å². The molecule has 0 radical (unpaired) electrons. The molecular formula is C12H12ClN3O. The second-order valence-corrected chi connectivity index (χ2v) is 4.05. The molecule has 1 N–H and O–H groups in total. The third-order valence-corrected chi connectivity index (χ3v) is 2.74. The van der Waals surface area contributed by atoms with Crippen LogP contribution in [0.4, 0.5) is 0 Å². The number of hydrogen-bond acceptors (Lipinski definition) is 2. The standard InChI is InChI=1S/C12H12ClN3O/c1-8-5-6-16(15-8)9-3-4-11(13)10(7-9)12(17)14-2/h3-7H,1-2H3,(H,14,17). The summed E-state index contributed by atoms with van der Waals surface area (Å²) in [6.07, 6.45) is 1.84. The molecule has 0 aliphatic rings. The molecule has 0 atom stereocenters. The Bertz CT molecular complexity index is 563. The quantitative estimate of drug-likeness (QED) is 0.887. The van der Waals surface area contributed by atoms with E-state index in [1.807, 2.05) is 25.3 Å². The van der Waals surface area contributed by atoms with Crippen molar-refractivity contribution in [2.24, 2.45) is 0 Å². The minimum atomic E-state index is -0.208. The summed E-state index contributed by atoms with van der Waals surface area (Å²) < 4.78 is 1.71. The zero-order valence-electron chi connectivity index (χ0n) is 9.57. The zero-order chi connectivity index (χ0) is 12.4. The monoisotopic (exact) mass is 249 g/mol. The summed E-state index contributed by atoms with van der Waals surface area (Å²) in [5, 5.41) is 7.26. The molecule has 4 nitrogen and oxygen atoms in total. The molecule has 0 unspecified atom stereocenters. The second kappa shape index (κ2) is 4.59.